The molecule has 1 fully saturated rings. The molecule has 1 aliphatic heterocycles. The van der Waals surface area contributed by atoms with E-state index in [0.717, 1.165) is 36.5 Å². The Balaban J connectivity index is 1.40. The van der Waals surface area contributed by atoms with E-state index in [0.29, 0.717) is 28.8 Å². The number of aromatic nitrogens is 5. The zero-order valence-corrected chi connectivity index (χ0v) is 17.4. The van der Waals surface area contributed by atoms with E-state index in [-0.39, 0.29) is 6.04 Å². The number of rotatable bonds is 5. The Morgan fingerprint density at radius 2 is 2.03 bits per heavy atom. The van der Waals surface area contributed by atoms with Crippen molar-refractivity contribution in [1.82, 2.24) is 25.1 Å². The van der Waals surface area contributed by atoms with Crippen LogP contribution in [0, 0.1) is 18.3 Å². The van der Waals surface area contributed by atoms with Crippen LogP contribution in [0.2, 0.25) is 0 Å². The highest BCUT2D eigenvalue weighted by atomic mass is 16.5. The van der Waals surface area contributed by atoms with Crippen LogP contribution >= 0.6 is 0 Å². The largest absolute Gasteiger partial charge is 0.358 e. The number of aryl methyl sites for hydroxylation is 1. The summed E-state index contributed by atoms with van der Waals surface area (Å²) in [6, 6.07) is 15.0. The van der Waals surface area contributed by atoms with Crippen molar-refractivity contribution in [3.05, 3.63) is 71.9 Å². The first-order valence-electron chi connectivity index (χ1n) is 10.3. The van der Waals surface area contributed by atoms with Gasteiger partial charge in [0.15, 0.2) is 5.76 Å². The SMILES string of the molecule is Cc1cc(Nc2ccc(C#N)cn2)nc(N2CCCC2c2cc(-c3ccccn3)no2)n1. The van der Waals surface area contributed by atoms with Gasteiger partial charge in [-0.15, -0.1) is 0 Å². The van der Waals surface area contributed by atoms with Crippen LogP contribution in [0.1, 0.15) is 35.9 Å². The first kappa shape index (κ1) is 19.6. The van der Waals surface area contributed by atoms with Crippen LogP contribution in [0.5, 0.6) is 0 Å². The van der Waals surface area contributed by atoms with Gasteiger partial charge in [-0.1, -0.05) is 11.2 Å². The zero-order valence-electron chi connectivity index (χ0n) is 17.4. The van der Waals surface area contributed by atoms with Crippen LogP contribution in [-0.4, -0.2) is 31.6 Å². The van der Waals surface area contributed by atoms with Crippen molar-refractivity contribution in [3.63, 3.8) is 0 Å². The highest BCUT2D eigenvalue weighted by molar-refractivity contribution is 5.56. The molecule has 4 aromatic heterocycles. The predicted octanol–water partition coefficient (Wildman–Crippen LogP) is 4.19. The molecule has 9 heteroatoms. The van der Waals surface area contributed by atoms with E-state index < -0.39 is 0 Å². The van der Waals surface area contributed by atoms with E-state index >= 15 is 0 Å². The molecule has 0 radical (unpaired) electrons. The van der Waals surface area contributed by atoms with E-state index in [2.05, 4.69) is 36.4 Å². The van der Waals surface area contributed by atoms with E-state index in [1.54, 1.807) is 18.3 Å². The quantitative estimate of drug-likeness (QED) is 0.503. The minimum Gasteiger partial charge on any atom is -0.358 e. The molecule has 1 aliphatic rings. The molecule has 5 heterocycles. The summed E-state index contributed by atoms with van der Waals surface area (Å²) in [6.07, 6.45) is 5.19. The molecule has 1 N–H and O–H groups in total. The van der Waals surface area contributed by atoms with Gasteiger partial charge >= 0.3 is 0 Å². The van der Waals surface area contributed by atoms with Gasteiger partial charge in [0.25, 0.3) is 0 Å². The lowest BCUT2D eigenvalue weighted by Crippen LogP contribution is -2.25. The number of anilines is 3. The van der Waals surface area contributed by atoms with Gasteiger partial charge in [-0.25, -0.2) is 9.97 Å². The fourth-order valence-electron chi connectivity index (χ4n) is 3.79. The summed E-state index contributed by atoms with van der Waals surface area (Å²) >= 11 is 0. The van der Waals surface area contributed by atoms with Gasteiger partial charge in [-0.3, -0.25) is 4.98 Å². The van der Waals surface area contributed by atoms with Crippen molar-refractivity contribution in [2.24, 2.45) is 0 Å². The Morgan fingerprint density at radius 1 is 1.09 bits per heavy atom. The Morgan fingerprint density at radius 3 is 2.81 bits per heavy atom. The lowest BCUT2D eigenvalue weighted by Gasteiger charge is -2.23. The van der Waals surface area contributed by atoms with Gasteiger partial charge in [0.1, 0.15) is 23.4 Å². The summed E-state index contributed by atoms with van der Waals surface area (Å²) in [5.41, 5.74) is 2.84. The maximum absolute atomic E-state index is 8.95. The molecule has 158 valence electrons. The van der Waals surface area contributed by atoms with Gasteiger partial charge in [-0.05, 0) is 44.0 Å². The molecule has 32 heavy (non-hydrogen) atoms. The predicted molar refractivity (Wildman–Crippen MR) is 118 cm³/mol. The topological polar surface area (TPSA) is 117 Å². The van der Waals surface area contributed by atoms with E-state index in [9.17, 15) is 0 Å². The summed E-state index contributed by atoms with van der Waals surface area (Å²) < 4.78 is 5.69. The molecule has 0 aromatic carbocycles. The number of pyridine rings is 2. The number of hydrogen-bond acceptors (Lipinski definition) is 9. The summed E-state index contributed by atoms with van der Waals surface area (Å²) in [7, 11) is 0. The highest BCUT2D eigenvalue weighted by Gasteiger charge is 2.32. The first-order valence-corrected chi connectivity index (χ1v) is 10.3. The van der Waals surface area contributed by atoms with Crippen molar-refractivity contribution >= 4 is 17.6 Å². The first-order chi connectivity index (χ1) is 15.7. The summed E-state index contributed by atoms with van der Waals surface area (Å²) in [5, 5.41) is 16.4. The van der Waals surface area contributed by atoms with Gasteiger partial charge < -0.3 is 14.7 Å². The van der Waals surface area contributed by atoms with Crippen molar-refractivity contribution in [2.45, 2.75) is 25.8 Å². The minimum atomic E-state index is 0.00245. The third kappa shape index (κ3) is 3.98. The Bertz CT molecular complexity index is 1260. The monoisotopic (exact) mass is 424 g/mol. The van der Waals surface area contributed by atoms with Crippen LogP contribution in [0.25, 0.3) is 11.4 Å². The number of nitrogens with one attached hydrogen (secondary N) is 1. The Labute approximate surface area is 184 Å². The Hall–Kier alpha value is -4.32. The zero-order chi connectivity index (χ0) is 21.9. The molecule has 4 aromatic rings. The van der Waals surface area contributed by atoms with Crippen molar-refractivity contribution < 1.29 is 4.52 Å². The average Bonchev–Trinajstić information content (AvgIpc) is 3.50. The molecule has 0 amide bonds. The highest BCUT2D eigenvalue weighted by Crippen LogP contribution is 2.36. The van der Waals surface area contributed by atoms with Gasteiger partial charge in [0.2, 0.25) is 5.95 Å². The maximum atomic E-state index is 8.95. The third-order valence-corrected chi connectivity index (χ3v) is 5.28. The van der Waals surface area contributed by atoms with Crippen molar-refractivity contribution in [3.8, 4) is 17.5 Å². The number of nitrogens with zero attached hydrogens (tertiary/aromatic N) is 7. The minimum absolute atomic E-state index is 0.00245. The molecule has 0 spiro atoms. The fraction of sp³-hybridized carbons (Fsp3) is 0.217. The fourth-order valence-corrected chi connectivity index (χ4v) is 3.79. The van der Waals surface area contributed by atoms with Crippen LogP contribution in [0.4, 0.5) is 17.6 Å². The smallest absolute Gasteiger partial charge is 0.228 e. The second kappa shape index (κ2) is 8.43. The summed E-state index contributed by atoms with van der Waals surface area (Å²) in [5.74, 6) is 2.65. The van der Waals surface area contributed by atoms with Crippen LogP contribution in [0.15, 0.2) is 59.4 Å². The molecule has 0 bridgehead atoms. The molecule has 5 rings (SSSR count). The summed E-state index contributed by atoms with van der Waals surface area (Å²) in [4.78, 5) is 20.1. The Kier molecular flexibility index (Phi) is 5.17. The lowest BCUT2D eigenvalue weighted by atomic mass is 10.1. The maximum Gasteiger partial charge on any atom is 0.228 e. The normalized spacial score (nSPS) is 15.5. The van der Waals surface area contributed by atoms with Crippen LogP contribution in [0.3, 0.4) is 0 Å². The molecule has 0 aliphatic carbocycles. The van der Waals surface area contributed by atoms with Gasteiger partial charge in [-0.2, -0.15) is 10.2 Å². The third-order valence-electron chi connectivity index (χ3n) is 5.28. The van der Waals surface area contributed by atoms with Crippen LogP contribution < -0.4 is 10.2 Å². The standard InChI is InChI=1S/C23H20N8O/c1-15-11-22(28-21-8-7-16(13-24)14-26-21)29-23(27-15)31-10-4-6-19(31)20-12-18(30-32-20)17-5-2-3-9-25-17/h2-3,5,7-9,11-12,14,19H,4,6,10H2,1H3,(H,26,27,28,29). The molecule has 9 nitrogen and oxygen atoms in total. The average molecular weight is 424 g/mol. The lowest BCUT2D eigenvalue weighted by molar-refractivity contribution is 0.362. The van der Waals surface area contributed by atoms with Gasteiger partial charge in [0, 0.05) is 36.8 Å². The van der Waals surface area contributed by atoms with Crippen molar-refractivity contribution in [1.29, 1.82) is 5.26 Å². The van der Waals surface area contributed by atoms with Crippen molar-refractivity contribution in [2.75, 3.05) is 16.8 Å². The summed E-state index contributed by atoms with van der Waals surface area (Å²) in [6.45, 7) is 2.75. The van der Waals surface area contributed by atoms with Crippen LogP contribution in [-0.2, 0) is 0 Å². The van der Waals surface area contributed by atoms with E-state index in [1.807, 2.05) is 37.3 Å². The molecule has 0 saturated carbocycles. The number of nitriles is 1. The van der Waals surface area contributed by atoms with Gasteiger partial charge in [0.05, 0.1) is 17.3 Å². The molecular formula is C23H20N8O. The molecule has 1 saturated heterocycles. The number of hydrogen-bond donors (Lipinski definition) is 1. The van der Waals surface area contributed by atoms with E-state index in [1.165, 1.54) is 6.20 Å². The molecule has 1 unspecified atom stereocenters. The molecule has 1 atom stereocenters. The van der Waals surface area contributed by atoms with E-state index in [4.69, 9.17) is 14.8 Å². The molecular weight excluding hydrogens is 404 g/mol. The second-order valence-corrected chi connectivity index (χ2v) is 7.54. The second-order valence-electron chi connectivity index (χ2n) is 7.54.